The van der Waals surface area contributed by atoms with Crippen LogP contribution in [0.15, 0.2) is 65.6 Å². The van der Waals surface area contributed by atoms with Gasteiger partial charge in [0.05, 0.1) is 4.90 Å². The van der Waals surface area contributed by atoms with Crippen molar-refractivity contribution in [3.05, 3.63) is 71.8 Å². The maximum atomic E-state index is 11.9. The normalized spacial score (nSPS) is 11.7. The van der Waals surface area contributed by atoms with Crippen molar-refractivity contribution in [2.24, 2.45) is 0 Å². The molecule has 6 nitrogen and oxygen atoms in total. The molecular weight excluding hydrogens is 520 g/mol. The van der Waals surface area contributed by atoms with Gasteiger partial charge in [-0.2, -0.15) is 8.42 Å². The smallest absolute Gasteiger partial charge is 0.294 e. The van der Waals surface area contributed by atoms with E-state index in [2.05, 4.69) is 31.4 Å². The number of benzene rings is 2. The Balaban J connectivity index is 0.000000603. The Bertz CT molecular complexity index is 1070. The largest absolute Gasteiger partial charge is 0.353 e. The number of carbonyl (C=O) groups excluding carboxylic acids is 1. The molecule has 7 heteroatoms. The monoisotopic (exact) mass is 572 g/mol. The van der Waals surface area contributed by atoms with E-state index in [0.717, 1.165) is 24.1 Å². The second-order valence-corrected chi connectivity index (χ2v) is 12.5. The van der Waals surface area contributed by atoms with Crippen molar-refractivity contribution in [2.75, 3.05) is 13.1 Å². The fraction of sp³-hybridized carbons (Fsp3) is 0.545. The van der Waals surface area contributed by atoms with Crippen LogP contribution >= 0.6 is 0 Å². The van der Waals surface area contributed by atoms with E-state index in [4.69, 9.17) is 4.55 Å². The van der Waals surface area contributed by atoms with Crippen LogP contribution < -0.4 is 10.6 Å². The Hall–Kier alpha value is -2.48. The molecule has 0 unspecified atom stereocenters. The van der Waals surface area contributed by atoms with E-state index >= 15 is 0 Å². The third-order valence-corrected chi connectivity index (χ3v) is 7.58. The molecule has 3 N–H and O–H groups in total. The molecule has 0 aromatic heterocycles. The Morgan fingerprint density at radius 2 is 1.40 bits per heavy atom. The van der Waals surface area contributed by atoms with Crippen molar-refractivity contribution in [3.8, 4) is 0 Å². The predicted molar refractivity (Wildman–Crippen MR) is 168 cm³/mol. The molecule has 0 heterocycles. The Morgan fingerprint density at radius 1 is 0.825 bits per heavy atom. The van der Waals surface area contributed by atoms with Crippen LogP contribution in [-0.4, -0.2) is 37.5 Å². The van der Waals surface area contributed by atoms with E-state index in [1.165, 1.54) is 76.3 Å². The first-order valence-corrected chi connectivity index (χ1v) is 16.3. The van der Waals surface area contributed by atoms with Crippen molar-refractivity contribution in [1.29, 1.82) is 0 Å². The molecule has 2 rings (SSSR count). The summed E-state index contributed by atoms with van der Waals surface area (Å²) in [5.74, 6) is -0.0252. The topological polar surface area (TPSA) is 95.5 Å². The molecule has 0 saturated carbocycles. The fourth-order valence-corrected chi connectivity index (χ4v) is 4.68. The van der Waals surface area contributed by atoms with Crippen LogP contribution in [0.5, 0.6) is 0 Å². The van der Waals surface area contributed by atoms with Crippen molar-refractivity contribution < 1.29 is 17.8 Å². The number of amides is 1. The number of carbonyl (C=O) groups is 1. The van der Waals surface area contributed by atoms with Gasteiger partial charge < -0.3 is 10.6 Å². The summed E-state index contributed by atoms with van der Waals surface area (Å²) in [6.45, 7) is 10.3. The highest BCUT2D eigenvalue weighted by Gasteiger charge is 2.15. The standard InChI is InChI=1S/C26H44N2O.C7H8O3S/c1-4-5-6-7-8-9-10-11-15-21-26(2,3)28-23-16-22-27-25(29)20-19-24-17-13-12-14-18-24;1-6-2-4-7(5-3-6)11(8,9)10/h12-14,17-20,28H,4-11,15-16,21-23H2,1-3H3,(H,27,29);2-5H,1H3,(H,8,9,10). The van der Waals surface area contributed by atoms with Gasteiger partial charge in [0.2, 0.25) is 5.91 Å². The number of nitrogens with one attached hydrogen (secondary N) is 2. The number of hydrogen-bond donors (Lipinski definition) is 3. The molecule has 0 aliphatic carbocycles. The lowest BCUT2D eigenvalue weighted by atomic mass is 9.95. The molecule has 40 heavy (non-hydrogen) atoms. The predicted octanol–water partition coefficient (Wildman–Crippen LogP) is 7.74. The quantitative estimate of drug-likeness (QED) is 0.0965. The van der Waals surface area contributed by atoms with Crippen molar-refractivity contribution in [2.45, 2.75) is 109 Å². The summed E-state index contributed by atoms with van der Waals surface area (Å²) in [6, 6.07) is 15.9. The van der Waals surface area contributed by atoms with Crippen LogP contribution in [0.25, 0.3) is 6.08 Å². The summed E-state index contributed by atoms with van der Waals surface area (Å²) >= 11 is 0. The summed E-state index contributed by atoms with van der Waals surface area (Å²) in [7, 11) is -4.02. The van der Waals surface area contributed by atoms with Gasteiger partial charge in [-0.1, -0.05) is 113 Å². The zero-order chi connectivity index (χ0) is 29.7. The summed E-state index contributed by atoms with van der Waals surface area (Å²) in [4.78, 5) is 11.8. The highest BCUT2D eigenvalue weighted by molar-refractivity contribution is 7.85. The van der Waals surface area contributed by atoms with E-state index in [0.29, 0.717) is 6.54 Å². The molecular formula is C33H52N2O4S. The maximum Gasteiger partial charge on any atom is 0.294 e. The lowest BCUT2D eigenvalue weighted by Crippen LogP contribution is -2.40. The van der Waals surface area contributed by atoms with Gasteiger partial charge in [0.25, 0.3) is 10.1 Å². The van der Waals surface area contributed by atoms with Crippen LogP contribution in [0.1, 0.15) is 103 Å². The highest BCUT2D eigenvalue weighted by Crippen LogP contribution is 2.16. The molecule has 0 saturated heterocycles. The summed E-state index contributed by atoms with van der Waals surface area (Å²) in [6.07, 6.45) is 18.0. The lowest BCUT2D eigenvalue weighted by molar-refractivity contribution is -0.116. The molecule has 0 radical (unpaired) electrons. The first-order chi connectivity index (χ1) is 19.0. The van der Waals surface area contributed by atoms with Crippen LogP contribution in [0.3, 0.4) is 0 Å². The molecule has 0 atom stereocenters. The minimum Gasteiger partial charge on any atom is -0.353 e. The molecule has 0 spiro atoms. The van der Waals surface area contributed by atoms with Crippen molar-refractivity contribution in [1.82, 2.24) is 10.6 Å². The van der Waals surface area contributed by atoms with Gasteiger partial charge in [-0.15, -0.1) is 0 Å². The van der Waals surface area contributed by atoms with Crippen LogP contribution in [0.4, 0.5) is 0 Å². The molecule has 224 valence electrons. The summed E-state index contributed by atoms with van der Waals surface area (Å²) in [5.41, 5.74) is 2.18. The number of rotatable bonds is 18. The zero-order valence-electron chi connectivity index (χ0n) is 25.1. The van der Waals surface area contributed by atoms with Gasteiger partial charge in [0.15, 0.2) is 0 Å². The third-order valence-electron chi connectivity index (χ3n) is 6.71. The maximum absolute atomic E-state index is 11.9. The van der Waals surface area contributed by atoms with Gasteiger partial charge >= 0.3 is 0 Å². The van der Waals surface area contributed by atoms with E-state index in [1.54, 1.807) is 18.2 Å². The average molecular weight is 573 g/mol. The van der Waals surface area contributed by atoms with Crippen LogP contribution in [0.2, 0.25) is 0 Å². The van der Waals surface area contributed by atoms with Gasteiger partial charge in [0, 0.05) is 18.2 Å². The van der Waals surface area contributed by atoms with E-state index in [1.807, 2.05) is 43.3 Å². The van der Waals surface area contributed by atoms with Crippen molar-refractivity contribution >= 4 is 22.1 Å². The fourth-order valence-electron chi connectivity index (χ4n) is 4.20. The molecule has 0 aliphatic heterocycles. The Labute approximate surface area is 243 Å². The first kappa shape index (κ1) is 35.5. The van der Waals surface area contributed by atoms with E-state index in [9.17, 15) is 13.2 Å². The van der Waals surface area contributed by atoms with Gasteiger partial charge in [-0.25, -0.2) is 0 Å². The number of aryl methyl sites for hydroxylation is 1. The molecule has 2 aromatic carbocycles. The van der Waals surface area contributed by atoms with Crippen LogP contribution in [-0.2, 0) is 14.9 Å². The highest BCUT2D eigenvalue weighted by atomic mass is 32.2. The molecule has 1 amide bonds. The molecule has 2 aromatic rings. The second kappa shape index (κ2) is 20.4. The van der Waals surface area contributed by atoms with Gasteiger partial charge in [-0.3, -0.25) is 9.35 Å². The Kier molecular flexibility index (Phi) is 18.1. The first-order valence-electron chi connectivity index (χ1n) is 14.8. The summed E-state index contributed by atoms with van der Waals surface area (Å²) in [5, 5.41) is 6.60. The van der Waals surface area contributed by atoms with E-state index in [-0.39, 0.29) is 16.3 Å². The molecule has 0 bridgehead atoms. The van der Waals surface area contributed by atoms with E-state index < -0.39 is 10.1 Å². The Morgan fingerprint density at radius 3 is 1.98 bits per heavy atom. The zero-order valence-corrected chi connectivity index (χ0v) is 25.9. The number of unbranched alkanes of at least 4 members (excludes halogenated alkanes) is 8. The lowest BCUT2D eigenvalue weighted by Gasteiger charge is -2.26. The molecule has 0 aliphatic rings. The third kappa shape index (κ3) is 18.7. The van der Waals surface area contributed by atoms with Gasteiger partial charge in [-0.05, 0) is 63.9 Å². The second-order valence-electron chi connectivity index (χ2n) is 11.1. The minimum absolute atomic E-state index is 0.0252. The van der Waals surface area contributed by atoms with Crippen molar-refractivity contribution in [3.63, 3.8) is 0 Å². The molecule has 0 fully saturated rings. The average Bonchev–Trinajstić information content (AvgIpc) is 2.91. The number of hydrogen-bond acceptors (Lipinski definition) is 4. The SMILES string of the molecule is CCCCCCCCCCCC(C)(C)NCCCNC(=O)C=Cc1ccccc1.Cc1ccc(S(=O)(=O)O)cc1. The summed E-state index contributed by atoms with van der Waals surface area (Å²) < 4.78 is 29.6. The van der Waals surface area contributed by atoms with Gasteiger partial charge in [0.1, 0.15) is 0 Å². The minimum atomic E-state index is -4.02. The van der Waals surface area contributed by atoms with Crippen LogP contribution in [0, 0.1) is 6.92 Å².